The third-order valence-corrected chi connectivity index (χ3v) is 3.18. The molecule has 0 aliphatic rings. The van der Waals surface area contributed by atoms with Gasteiger partial charge < -0.3 is 4.90 Å². The van der Waals surface area contributed by atoms with Gasteiger partial charge in [-0.15, -0.1) is 0 Å². The third kappa shape index (κ3) is 4.26. The Bertz CT molecular complexity index is 518. The molecule has 20 heavy (non-hydrogen) atoms. The quantitative estimate of drug-likeness (QED) is 0.580. The summed E-state index contributed by atoms with van der Waals surface area (Å²) in [5.41, 5.74) is 0.399. The summed E-state index contributed by atoms with van der Waals surface area (Å²) in [7, 11) is 0. The van der Waals surface area contributed by atoms with Crippen molar-refractivity contribution in [2.45, 2.75) is 20.3 Å². The van der Waals surface area contributed by atoms with Gasteiger partial charge in [0.2, 0.25) is 0 Å². The zero-order chi connectivity index (χ0) is 15.3. The van der Waals surface area contributed by atoms with E-state index in [1.54, 1.807) is 0 Å². The number of nitro groups is 1. The van der Waals surface area contributed by atoms with Gasteiger partial charge in [0.05, 0.1) is 33.1 Å². The third-order valence-electron chi connectivity index (χ3n) is 2.61. The summed E-state index contributed by atoms with van der Waals surface area (Å²) in [6.45, 7) is 5.21. The van der Waals surface area contributed by atoms with E-state index in [9.17, 15) is 10.1 Å². The minimum absolute atomic E-state index is 0.145. The van der Waals surface area contributed by atoms with Gasteiger partial charge in [0.25, 0.3) is 5.69 Å². The highest BCUT2D eigenvalue weighted by molar-refractivity contribution is 6.39. The van der Waals surface area contributed by atoms with Crippen LogP contribution >= 0.6 is 23.2 Å². The molecule has 7 heteroatoms. The summed E-state index contributed by atoms with van der Waals surface area (Å²) in [6.07, 6.45) is 0.330. The van der Waals surface area contributed by atoms with Crippen molar-refractivity contribution in [3.63, 3.8) is 0 Å². The lowest BCUT2D eigenvalue weighted by Crippen LogP contribution is -2.29. The first-order valence-corrected chi connectivity index (χ1v) is 6.87. The Labute approximate surface area is 127 Å². The highest BCUT2D eigenvalue weighted by Gasteiger charge is 2.20. The normalized spacial score (nSPS) is 10.4. The van der Waals surface area contributed by atoms with Gasteiger partial charge in [-0.3, -0.25) is 10.1 Å². The molecule has 0 N–H and O–H groups in total. The van der Waals surface area contributed by atoms with Crippen LogP contribution < -0.4 is 4.90 Å². The molecule has 0 unspecified atom stereocenters. The molecule has 0 radical (unpaired) electrons. The summed E-state index contributed by atoms with van der Waals surface area (Å²) >= 11 is 12.2. The van der Waals surface area contributed by atoms with E-state index in [2.05, 4.69) is 6.07 Å². The number of hydrogen-bond donors (Lipinski definition) is 0. The number of non-ortho nitro benzene ring substituents is 1. The maximum Gasteiger partial charge on any atom is 0.272 e. The zero-order valence-electron chi connectivity index (χ0n) is 11.3. The van der Waals surface area contributed by atoms with E-state index in [1.807, 2.05) is 18.7 Å². The van der Waals surface area contributed by atoms with Crippen LogP contribution in [0.2, 0.25) is 10.0 Å². The first-order valence-electron chi connectivity index (χ1n) is 6.12. The second-order valence-electron chi connectivity index (χ2n) is 4.76. The molecule has 5 nitrogen and oxygen atoms in total. The smallest absolute Gasteiger partial charge is 0.272 e. The van der Waals surface area contributed by atoms with Crippen molar-refractivity contribution in [1.29, 1.82) is 5.26 Å². The van der Waals surface area contributed by atoms with Crippen molar-refractivity contribution in [3.8, 4) is 6.07 Å². The van der Waals surface area contributed by atoms with Crippen LogP contribution in [0.3, 0.4) is 0 Å². The van der Waals surface area contributed by atoms with Crippen molar-refractivity contribution >= 4 is 34.6 Å². The number of halogens is 2. The predicted molar refractivity (Wildman–Crippen MR) is 80.4 cm³/mol. The number of rotatable bonds is 6. The largest absolute Gasteiger partial charge is 0.368 e. The van der Waals surface area contributed by atoms with Gasteiger partial charge in [0, 0.05) is 25.2 Å². The fourth-order valence-electron chi connectivity index (χ4n) is 1.88. The Hall–Kier alpha value is -1.51. The van der Waals surface area contributed by atoms with E-state index in [4.69, 9.17) is 28.5 Å². The lowest BCUT2D eigenvalue weighted by atomic mass is 10.1. The standard InChI is InChI=1S/C13H15Cl2N3O2/c1-9(2)8-17(5-3-4-16)13-11(14)6-10(18(19)20)7-12(13)15/h6-7,9H,3,5,8H2,1-2H3. The first-order chi connectivity index (χ1) is 9.36. The average molecular weight is 316 g/mol. The minimum Gasteiger partial charge on any atom is -0.368 e. The first kappa shape index (κ1) is 16.5. The van der Waals surface area contributed by atoms with Crippen LogP contribution in [-0.4, -0.2) is 18.0 Å². The van der Waals surface area contributed by atoms with Gasteiger partial charge in [-0.05, 0) is 5.92 Å². The van der Waals surface area contributed by atoms with Gasteiger partial charge >= 0.3 is 0 Å². The predicted octanol–water partition coefficient (Wildman–Crippen LogP) is 4.28. The van der Waals surface area contributed by atoms with Gasteiger partial charge in [-0.1, -0.05) is 37.0 Å². The maximum absolute atomic E-state index is 10.8. The lowest BCUT2D eigenvalue weighted by molar-refractivity contribution is -0.384. The fourth-order valence-corrected chi connectivity index (χ4v) is 2.59. The van der Waals surface area contributed by atoms with Gasteiger partial charge in [-0.2, -0.15) is 5.26 Å². The Morgan fingerprint density at radius 2 is 1.95 bits per heavy atom. The van der Waals surface area contributed by atoms with Gasteiger partial charge in [0.1, 0.15) is 0 Å². The molecule has 0 heterocycles. The lowest BCUT2D eigenvalue weighted by Gasteiger charge is -2.27. The highest BCUT2D eigenvalue weighted by Crippen LogP contribution is 2.37. The molecule has 0 amide bonds. The molecule has 0 fully saturated rings. The monoisotopic (exact) mass is 315 g/mol. The molecule has 1 rings (SSSR count). The van der Waals surface area contributed by atoms with Crippen molar-refractivity contribution in [3.05, 3.63) is 32.3 Å². The number of nitrogens with zero attached hydrogens (tertiary/aromatic N) is 3. The molecule has 0 saturated carbocycles. The molecule has 0 bridgehead atoms. The molecule has 0 aromatic heterocycles. The maximum atomic E-state index is 10.8. The Balaban J connectivity index is 3.19. The minimum atomic E-state index is -0.538. The molecule has 0 aliphatic heterocycles. The Morgan fingerprint density at radius 3 is 2.35 bits per heavy atom. The molecule has 108 valence electrons. The van der Waals surface area contributed by atoms with Crippen LogP contribution in [0.15, 0.2) is 12.1 Å². The van der Waals surface area contributed by atoms with Gasteiger partial charge in [-0.25, -0.2) is 0 Å². The van der Waals surface area contributed by atoms with Crippen LogP contribution in [0, 0.1) is 27.4 Å². The topological polar surface area (TPSA) is 70.2 Å². The molecule has 0 aliphatic carbocycles. The van der Waals surface area contributed by atoms with E-state index in [0.29, 0.717) is 31.1 Å². The number of nitriles is 1. The SMILES string of the molecule is CC(C)CN(CCC#N)c1c(Cl)cc([N+](=O)[O-])cc1Cl. The summed E-state index contributed by atoms with van der Waals surface area (Å²) in [6, 6.07) is 4.63. The molecular formula is C13H15Cl2N3O2. The van der Waals surface area contributed by atoms with Crippen molar-refractivity contribution < 1.29 is 4.92 Å². The van der Waals surface area contributed by atoms with E-state index < -0.39 is 4.92 Å². The van der Waals surface area contributed by atoms with Crippen molar-refractivity contribution in [2.24, 2.45) is 5.92 Å². The summed E-state index contributed by atoms with van der Waals surface area (Å²) in [5, 5.41) is 19.9. The molecule has 1 aromatic rings. The van der Waals surface area contributed by atoms with Crippen LogP contribution in [-0.2, 0) is 0 Å². The Morgan fingerprint density at radius 1 is 1.40 bits per heavy atom. The van der Waals surface area contributed by atoms with E-state index in [0.717, 1.165) is 0 Å². The van der Waals surface area contributed by atoms with Crippen LogP contribution in [0.1, 0.15) is 20.3 Å². The highest BCUT2D eigenvalue weighted by atomic mass is 35.5. The fraction of sp³-hybridized carbons (Fsp3) is 0.462. The van der Waals surface area contributed by atoms with E-state index in [1.165, 1.54) is 12.1 Å². The number of nitro benzene ring substituents is 1. The van der Waals surface area contributed by atoms with Gasteiger partial charge in [0.15, 0.2) is 0 Å². The van der Waals surface area contributed by atoms with Crippen molar-refractivity contribution in [1.82, 2.24) is 0 Å². The van der Waals surface area contributed by atoms with Crippen LogP contribution in [0.25, 0.3) is 0 Å². The zero-order valence-corrected chi connectivity index (χ0v) is 12.8. The summed E-state index contributed by atoms with van der Waals surface area (Å²) in [4.78, 5) is 12.1. The summed E-state index contributed by atoms with van der Waals surface area (Å²) in [5.74, 6) is 0.344. The molecule has 0 spiro atoms. The number of anilines is 1. The van der Waals surface area contributed by atoms with Crippen molar-refractivity contribution in [2.75, 3.05) is 18.0 Å². The van der Waals surface area contributed by atoms with Crippen LogP contribution in [0.4, 0.5) is 11.4 Å². The average Bonchev–Trinajstić information content (AvgIpc) is 2.33. The Kier molecular flexibility index (Phi) is 6.05. The molecular weight excluding hydrogens is 301 g/mol. The summed E-state index contributed by atoms with van der Waals surface area (Å²) < 4.78 is 0. The van der Waals surface area contributed by atoms with E-state index in [-0.39, 0.29) is 15.7 Å². The second kappa shape index (κ2) is 7.32. The van der Waals surface area contributed by atoms with Crippen LogP contribution in [0.5, 0.6) is 0 Å². The second-order valence-corrected chi connectivity index (χ2v) is 5.58. The molecule has 0 saturated heterocycles. The number of hydrogen-bond acceptors (Lipinski definition) is 4. The van der Waals surface area contributed by atoms with E-state index >= 15 is 0 Å². The molecule has 1 aromatic carbocycles. The number of benzene rings is 1. The molecule has 0 atom stereocenters.